The average Bonchev–Trinajstić information content (AvgIpc) is 3.21. The first-order valence-electron chi connectivity index (χ1n) is 11.7. The lowest BCUT2D eigenvalue weighted by molar-refractivity contribution is -0.129. The van der Waals surface area contributed by atoms with Gasteiger partial charge in [0.25, 0.3) is 15.9 Å². The second-order valence-corrected chi connectivity index (χ2v) is 11.3. The van der Waals surface area contributed by atoms with Crippen molar-refractivity contribution in [3.05, 3.63) is 75.7 Å². The first-order valence-corrected chi connectivity index (χ1v) is 14.0. The summed E-state index contributed by atoms with van der Waals surface area (Å²) in [6.45, 7) is 6.01. The first kappa shape index (κ1) is 26.4. The third kappa shape index (κ3) is 5.67. The molecule has 4 rings (SSSR count). The monoisotopic (exact) mass is 541 g/mol. The fourth-order valence-electron chi connectivity index (χ4n) is 4.04. The number of nitrogens with one attached hydrogen (secondary N) is 2. The van der Waals surface area contributed by atoms with Gasteiger partial charge in [-0.15, -0.1) is 11.3 Å². The number of para-hydroxylation sites is 1. The number of ether oxygens (including phenoxy) is 1. The molecule has 0 bridgehead atoms. The normalized spacial score (nSPS) is 13.0. The Balaban J connectivity index is 1.65. The molecule has 2 aromatic carbocycles. The number of aryl methyl sites for hydroxylation is 1. The van der Waals surface area contributed by atoms with Gasteiger partial charge >= 0.3 is 5.97 Å². The smallest absolute Gasteiger partial charge is 0.341 e. The summed E-state index contributed by atoms with van der Waals surface area (Å²) in [6, 6.07) is 12.6. The number of carbonyl (C=O) groups is 3. The Kier molecular flexibility index (Phi) is 7.65. The summed E-state index contributed by atoms with van der Waals surface area (Å²) in [5.41, 5.74) is 2.13. The zero-order valence-corrected chi connectivity index (χ0v) is 22.3. The van der Waals surface area contributed by atoms with Crippen LogP contribution >= 0.6 is 11.3 Å². The maximum absolute atomic E-state index is 13.4. The third-order valence-corrected chi connectivity index (χ3v) is 8.47. The molecule has 0 radical (unpaired) electrons. The molecule has 0 spiro atoms. The van der Waals surface area contributed by atoms with Gasteiger partial charge in [-0.1, -0.05) is 29.8 Å². The lowest BCUT2D eigenvalue weighted by Crippen LogP contribution is -2.34. The van der Waals surface area contributed by atoms with Crippen LogP contribution in [-0.4, -0.2) is 44.3 Å². The molecule has 1 aliphatic heterocycles. The Morgan fingerprint density at radius 2 is 1.78 bits per heavy atom. The predicted octanol–water partition coefficient (Wildman–Crippen LogP) is 4.19. The molecule has 1 aromatic heterocycles. The Labute approximate surface area is 219 Å². The molecule has 9 nitrogen and oxygen atoms in total. The molecule has 0 saturated heterocycles. The van der Waals surface area contributed by atoms with E-state index in [1.165, 1.54) is 42.5 Å². The zero-order valence-electron chi connectivity index (χ0n) is 20.7. The van der Waals surface area contributed by atoms with E-state index in [1.807, 2.05) is 6.92 Å². The van der Waals surface area contributed by atoms with Gasteiger partial charge in [0.05, 0.1) is 34.9 Å². The van der Waals surface area contributed by atoms with Gasteiger partial charge in [-0.25, -0.2) is 13.2 Å². The number of amides is 2. The highest BCUT2D eigenvalue weighted by Crippen LogP contribution is 2.38. The number of thiophene rings is 1. The summed E-state index contributed by atoms with van der Waals surface area (Å²) in [5.74, 6) is -1.22. The summed E-state index contributed by atoms with van der Waals surface area (Å²) >= 11 is 1.21. The topological polar surface area (TPSA) is 122 Å². The van der Waals surface area contributed by atoms with Crippen molar-refractivity contribution in [2.45, 2.75) is 38.6 Å². The van der Waals surface area contributed by atoms with E-state index in [9.17, 15) is 22.8 Å². The lowest BCUT2D eigenvalue weighted by Gasteiger charge is -2.25. The lowest BCUT2D eigenvalue weighted by atomic mass is 10.0. The molecule has 2 heterocycles. The molecule has 1 aliphatic rings. The molecule has 0 unspecified atom stereocenters. The standard InChI is InChI=1S/C26H27N3O6S2/c1-4-35-26(32)23-20-13-14-29(17(3)30)15-22(20)36-25(23)27-24(31)19-7-5-6-8-21(19)28-37(33,34)18-11-9-16(2)10-12-18/h5-12,28H,4,13-15H2,1-3H3,(H,27,31). The Bertz CT molecular complexity index is 1460. The van der Waals surface area contributed by atoms with E-state index in [4.69, 9.17) is 4.74 Å². The molecule has 2 amide bonds. The minimum Gasteiger partial charge on any atom is -0.462 e. The second kappa shape index (κ2) is 10.7. The maximum atomic E-state index is 13.4. The van der Waals surface area contributed by atoms with Crippen molar-refractivity contribution in [1.29, 1.82) is 0 Å². The first-order chi connectivity index (χ1) is 17.6. The van der Waals surface area contributed by atoms with Crippen LogP contribution in [0.1, 0.15) is 50.6 Å². The molecular weight excluding hydrogens is 514 g/mol. The van der Waals surface area contributed by atoms with Crippen molar-refractivity contribution in [3.8, 4) is 0 Å². The van der Waals surface area contributed by atoms with Crippen LogP contribution in [0, 0.1) is 6.92 Å². The Hall–Kier alpha value is -3.70. The van der Waals surface area contributed by atoms with Crippen molar-refractivity contribution in [1.82, 2.24) is 4.90 Å². The van der Waals surface area contributed by atoms with Crippen LogP contribution in [0.3, 0.4) is 0 Å². The zero-order chi connectivity index (χ0) is 26.7. The largest absolute Gasteiger partial charge is 0.462 e. The molecule has 0 aliphatic carbocycles. The van der Waals surface area contributed by atoms with E-state index < -0.39 is 21.9 Å². The van der Waals surface area contributed by atoms with Gasteiger partial charge in [0, 0.05) is 18.3 Å². The molecule has 194 valence electrons. The van der Waals surface area contributed by atoms with Crippen LogP contribution in [0.15, 0.2) is 53.4 Å². The highest BCUT2D eigenvalue weighted by Gasteiger charge is 2.31. The van der Waals surface area contributed by atoms with Crippen molar-refractivity contribution in [3.63, 3.8) is 0 Å². The fourth-order valence-corrected chi connectivity index (χ4v) is 6.37. The molecule has 11 heteroatoms. The van der Waals surface area contributed by atoms with Crippen molar-refractivity contribution >= 4 is 49.8 Å². The Morgan fingerprint density at radius 1 is 1.08 bits per heavy atom. The molecule has 37 heavy (non-hydrogen) atoms. The number of hydrogen-bond donors (Lipinski definition) is 2. The van der Waals surface area contributed by atoms with Crippen molar-refractivity contribution in [2.24, 2.45) is 0 Å². The van der Waals surface area contributed by atoms with Crippen LogP contribution in [-0.2, 0) is 32.5 Å². The van der Waals surface area contributed by atoms with Gasteiger partial charge < -0.3 is 15.0 Å². The van der Waals surface area contributed by atoms with Gasteiger partial charge in [-0.2, -0.15) is 0 Å². The Morgan fingerprint density at radius 3 is 2.46 bits per heavy atom. The summed E-state index contributed by atoms with van der Waals surface area (Å²) in [6.07, 6.45) is 0.461. The highest BCUT2D eigenvalue weighted by atomic mass is 32.2. The van der Waals surface area contributed by atoms with Gasteiger partial charge in [-0.05, 0) is 50.1 Å². The minimum absolute atomic E-state index is 0.0684. The predicted molar refractivity (Wildman–Crippen MR) is 141 cm³/mol. The van der Waals surface area contributed by atoms with Crippen LogP contribution in [0.4, 0.5) is 10.7 Å². The summed E-state index contributed by atoms with van der Waals surface area (Å²) < 4.78 is 33.6. The van der Waals surface area contributed by atoms with Crippen LogP contribution in [0.5, 0.6) is 0 Å². The van der Waals surface area contributed by atoms with Gasteiger partial charge in [0.15, 0.2) is 0 Å². The molecule has 0 saturated carbocycles. The number of fused-ring (bicyclic) bond motifs is 1. The average molecular weight is 542 g/mol. The molecular formula is C26H27N3O6S2. The van der Waals surface area contributed by atoms with Crippen molar-refractivity contribution in [2.75, 3.05) is 23.2 Å². The number of hydrogen-bond acceptors (Lipinski definition) is 7. The SMILES string of the molecule is CCOC(=O)c1c(NC(=O)c2ccccc2NS(=O)(=O)c2ccc(C)cc2)sc2c1CCN(C(C)=O)C2. The number of sulfonamides is 1. The van der Waals surface area contributed by atoms with Crippen molar-refractivity contribution < 1.29 is 27.5 Å². The summed E-state index contributed by atoms with van der Waals surface area (Å²) in [7, 11) is -3.94. The van der Waals surface area contributed by atoms with E-state index in [0.29, 0.717) is 24.5 Å². The van der Waals surface area contributed by atoms with Crippen LogP contribution < -0.4 is 10.0 Å². The van der Waals surface area contributed by atoms with Crippen LogP contribution in [0.25, 0.3) is 0 Å². The van der Waals surface area contributed by atoms with E-state index >= 15 is 0 Å². The molecule has 0 atom stereocenters. The van der Waals surface area contributed by atoms with E-state index in [1.54, 1.807) is 36.1 Å². The quantitative estimate of drug-likeness (QED) is 0.433. The van der Waals surface area contributed by atoms with Gasteiger partial charge in [0.1, 0.15) is 5.00 Å². The molecule has 0 fully saturated rings. The maximum Gasteiger partial charge on any atom is 0.341 e. The number of carbonyl (C=O) groups excluding carboxylic acids is 3. The van der Waals surface area contributed by atoms with Crippen LogP contribution in [0.2, 0.25) is 0 Å². The van der Waals surface area contributed by atoms with E-state index in [2.05, 4.69) is 10.0 Å². The summed E-state index contributed by atoms with van der Waals surface area (Å²) in [5, 5.41) is 3.08. The van der Waals surface area contributed by atoms with E-state index in [0.717, 1.165) is 16.0 Å². The highest BCUT2D eigenvalue weighted by molar-refractivity contribution is 7.92. The number of nitrogens with zero attached hydrogens (tertiary/aromatic N) is 1. The summed E-state index contributed by atoms with van der Waals surface area (Å²) in [4.78, 5) is 40.6. The fraction of sp³-hybridized carbons (Fsp3) is 0.269. The molecule has 2 N–H and O–H groups in total. The number of anilines is 2. The number of rotatable bonds is 7. The molecule has 3 aromatic rings. The third-order valence-electron chi connectivity index (χ3n) is 5.96. The minimum atomic E-state index is -3.94. The number of benzene rings is 2. The second-order valence-electron chi connectivity index (χ2n) is 8.54. The van der Waals surface area contributed by atoms with Gasteiger partial charge in [0.2, 0.25) is 5.91 Å². The van der Waals surface area contributed by atoms with E-state index in [-0.39, 0.29) is 34.2 Å². The van der Waals surface area contributed by atoms with Gasteiger partial charge in [-0.3, -0.25) is 14.3 Å². The number of esters is 1.